The monoisotopic (exact) mass is 507 g/mol. The molecular formula is C28H24F3N3O3. The van der Waals surface area contributed by atoms with Crippen LogP contribution in [0.25, 0.3) is 10.9 Å². The Morgan fingerprint density at radius 3 is 2.62 bits per heavy atom. The summed E-state index contributed by atoms with van der Waals surface area (Å²) in [7, 11) is 0. The van der Waals surface area contributed by atoms with E-state index >= 15 is 0 Å². The molecule has 3 aromatic carbocycles. The number of hydrogen-bond donors (Lipinski definition) is 1. The number of carbonyl (C=O) groups excluding carboxylic acids is 1. The maximum Gasteiger partial charge on any atom is 0.416 e. The number of nitrogens with one attached hydrogen (secondary N) is 1. The van der Waals surface area contributed by atoms with Crippen molar-refractivity contribution in [3.8, 4) is 17.4 Å². The van der Waals surface area contributed by atoms with Crippen LogP contribution in [0.1, 0.15) is 53.4 Å². The topological polar surface area (TPSA) is 73.3 Å². The van der Waals surface area contributed by atoms with E-state index in [4.69, 9.17) is 9.47 Å². The predicted molar refractivity (Wildman–Crippen MR) is 132 cm³/mol. The summed E-state index contributed by atoms with van der Waals surface area (Å²) in [5, 5.41) is 11.7. The second-order valence-corrected chi connectivity index (χ2v) is 9.66. The minimum absolute atomic E-state index is 0.0847. The van der Waals surface area contributed by atoms with Crippen LogP contribution in [0.15, 0.2) is 66.7 Å². The van der Waals surface area contributed by atoms with Gasteiger partial charge in [0.15, 0.2) is 0 Å². The highest BCUT2D eigenvalue weighted by Gasteiger charge is 2.36. The summed E-state index contributed by atoms with van der Waals surface area (Å²) in [6.07, 6.45) is -4.04. The van der Waals surface area contributed by atoms with Crippen LogP contribution in [0.3, 0.4) is 0 Å². The summed E-state index contributed by atoms with van der Waals surface area (Å²) in [6.45, 7) is 5.85. The largest absolute Gasteiger partial charge is 0.487 e. The minimum atomic E-state index is -4.55. The second kappa shape index (κ2) is 9.06. The van der Waals surface area contributed by atoms with Crippen molar-refractivity contribution in [2.75, 3.05) is 0 Å². The molecule has 0 bridgehead atoms. The van der Waals surface area contributed by atoms with Gasteiger partial charge in [0.05, 0.1) is 17.1 Å². The van der Waals surface area contributed by atoms with Crippen molar-refractivity contribution < 1.29 is 27.4 Å². The molecule has 5 rings (SSSR count). The Bertz CT molecular complexity index is 1500. The first kappa shape index (κ1) is 24.5. The summed E-state index contributed by atoms with van der Waals surface area (Å²) in [6, 6.07) is 16.7. The molecule has 1 atom stereocenters. The number of aryl methyl sites for hydroxylation is 1. The molecule has 0 aliphatic carbocycles. The van der Waals surface area contributed by atoms with Crippen LogP contribution in [0.4, 0.5) is 13.2 Å². The fourth-order valence-corrected chi connectivity index (χ4v) is 4.51. The maximum absolute atomic E-state index is 13.8. The third-order valence-corrected chi connectivity index (χ3v) is 6.17. The van der Waals surface area contributed by atoms with E-state index in [0.29, 0.717) is 23.1 Å². The van der Waals surface area contributed by atoms with E-state index in [1.807, 2.05) is 39.0 Å². The van der Waals surface area contributed by atoms with E-state index < -0.39 is 23.2 Å². The molecule has 1 aromatic heterocycles. The van der Waals surface area contributed by atoms with Crippen molar-refractivity contribution in [1.29, 1.82) is 0 Å². The average molecular weight is 508 g/mol. The molecule has 6 nitrogen and oxygen atoms in total. The van der Waals surface area contributed by atoms with E-state index in [9.17, 15) is 18.0 Å². The SMILES string of the molecule is Cc1ccc2c(c1)[C@@H](NC(=O)c1c(Oc3cccc(C(F)(F)F)c3)nnc3ccccc13)CC(C)(C)O2. The van der Waals surface area contributed by atoms with Gasteiger partial charge in [0.1, 0.15) is 22.7 Å². The zero-order valence-electron chi connectivity index (χ0n) is 20.4. The van der Waals surface area contributed by atoms with E-state index in [1.54, 1.807) is 24.3 Å². The molecule has 4 aromatic rings. The number of nitrogens with zero attached hydrogens (tertiary/aromatic N) is 2. The van der Waals surface area contributed by atoms with Crippen LogP contribution < -0.4 is 14.8 Å². The number of benzene rings is 3. The van der Waals surface area contributed by atoms with Crippen LogP contribution in [-0.4, -0.2) is 21.7 Å². The first-order chi connectivity index (χ1) is 17.5. The van der Waals surface area contributed by atoms with Gasteiger partial charge < -0.3 is 14.8 Å². The Balaban J connectivity index is 1.55. The lowest BCUT2D eigenvalue weighted by atomic mass is 9.88. The van der Waals surface area contributed by atoms with Crippen LogP contribution >= 0.6 is 0 Å². The molecule has 9 heteroatoms. The Labute approximate surface area is 211 Å². The average Bonchev–Trinajstić information content (AvgIpc) is 2.83. The van der Waals surface area contributed by atoms with Gasteiger partial charge in [-0.1, -0.05) is 42.0 Å². The fourth-order valence-electron chi connectivity index (χ4n) is 4.51. The summed E-state index contributed by atoms with van der Waals surface area (Å²) >= 11 is 0. The first-order valence-electron chi connectivity index (χ1n) is 11.7. The summed E-state index contributed by atoms with van der Waals surface area (Å²) in [5.74, 6) is -0.0959. The predicted octanol–water partition coefficient (Wildman–Crippen LogP) is 6.78. The number of fused-ring (bicyclic) bond motifs is 2. The number of rotatable bonds is 4. The highest BCUT2D eigenvalue weighted by atomic mass is 19.4. The lowest BCUT2D eigenvalue weighted by Crippen LogP contribution is -2.41. The smallest absolute Gasteiger partial charge is 0.416 e. The minimum Gasteiger partial charge on any atom is -0.487 e. The summed E-state index contributed by atoms with van der Waals surface area (Å²) in [5.41, 5.74) is 0.997. The van der Waals surface area contributed by atoms with Crippen molar-refractivity contribution in [3.63, 3.8) is 0 Å². The Morgan fingerprint density at radius 1 is 1.05 bits per heavy atom. The number of carbonyl (C=O) groups is 1. The molecule has 0 saturated heterocycles. The van der Waals surface area contributed by atoms with Gasteiger partial charge in [0.25, 0.3) is 11.8 Å². The fraction of sp³-hybridized carbons (Fsp3) is 0.250. The third kappa shape index (κ3) is 5.07. The molecule has 0 spiro atoms. The quantitative estimate of drug-likeness (QED) is 0.330. The molecule has 0 radical (unpaired) electrons. The van der Waals surface area contributed by atoms with E-state index in [1.165, 1.54) is 12.1 Å². The standard InChI is InChI=1S/C28H24F3N3O3/c1-16-11-12-23-20(13-16)22(15-27(2,3)37-23)32-25(35)24-19-9-4-5-10-21(19)33-34-26(24)36-18-8-6-7-17(14-18)28(29,30)31/h4-14,22H,15H2,1-3H3,(H,32,35)/t22-/m0/s1. The van der Waals surface area contributed by atoms with E-state index in [0.717, 1.165) is 23.3 Å². The van der Waals surface area contributed by atoms with Crippen LogP contribution in [-0.2, 0) is 6.18 Å². The van der Waals surface area contributed by atoms with Crippen molar-refractivity contribution in [3.05, 3.63) is 89.0 Å². The van der Waals surface area contributed by atoms with Crippen LogP contribution in [0, 0.1) is 6.92 Å². The molecule has 1 aliphatic heterocycles. The summed E-state index contributed by atoms with van der Waals surface area (Å²) < 4.78 is 51.6. The van der Waals surface area contributed by atoms with Gasteiger partial charge in [0, 0.05) is 17.4 Å². The zero-order valence-corrected chi connectivity index (χ0v) is 20.4. The molecule has 2 heterocycles. The van der Waals surface area contributed by atoms with Gasteiger partial charge in [-0.25, -0.2) is 0 Å². The van der Waals surface area contributed by atoms with Gasteiger partial charge in [-0.05, 0) is 51.1 Å². The maximum atomic E-state index is 13.8. The molecule has 1 amide bonds. The van der Waals surface area contributed by atoms with Crippen molar-refractivity contribution in [2.45, 2.75) is 45.0 Å². The van der Waals surface area contributed by atoms with Gasteiger partial charge in [0.2, 0.25) is 0 Å². The molecule has 190 valence electrons. The molecule has 0 unspecified atom stereocenters. The van der Waals surface area contributed by atoms with Crippen molar-refractivity contribution in [2.24, 2.45) is 0 Å². The number of aromatic nitrogens is 2. The Hall–Kier alpha value is -4.14. The van der Waals surface area contributed by atoms with E-state index in [-0.39, 0.29) is 23.2 Å². The first-order valence-corrected chi connectivity index (χ1v) is 11.7. The highest BCUT2D eigenvalue weighted by molar-refractivity contribution is 6.08. The number of ether oxygens (including phenoxy) is 2. The Kier molecular flexibility index (Phi) is 6.01. The van der Waals surface area contributed by atoms with Crippen LogP contribution in [0.5, 0.6) is 17.4 Å². The van der Waals surface area contributed by atoms with Gasteiger partial charge in [-0.3, -0.25) is 4.79 Å². The van der Waals surface area contributed by atoms with Gasteiger partial charge in [-0.15, -0.1) is 10.2 Å². The number of hydrogen-bond acceptors (Lipinski definition) is 5. The number of amides is 1. The molecule has 0 saturated carbocycles. The molecular weight excluding hydrogens is 483 g/mol. The number of alkyl halides is 3. The molecule has 37 heavy (non-hydrogen) atoms. The number of halogens is 3. The molecule has 1 N–H and O–H groups in total. The molecule has 0 fully saturated rings. The Morgan fingerprint density at radius 2 is 1.84 bits per heavy atom. The molecule has 1 aliphatic rings. The third-order valence-electron chi connectivity index (χ3n) is 6.17. The highest BCUT2D eigenvalue weighted by Crippen LogP contribution is 2.41. The van der Waals surface area contributed by atoms with Crippen molar-refractivity contribution in [1.82, 2.24) is 15.5 Å². The lowest BCUT2D eigenvalue weighted by molar-refractivity contribution is -0.137. The zero-order chi connectivity index (χ0) is 26.4. The van der Waals surface area contributed by atoms with Crippen LogP contribution in [0.2, 0.25) is 0 Å². The second-order valence-electron chi connectivity index (χ2n) is 9.66. The summed E-state index contributed by atoms with van der Waals surface area (Å²) in [4.78, 5) is 13.8. The van der Waals surface area contributed by atoms with E-state index in [2.05, 4.69) is 15.5 Å². The van der Waals surface area contributed by atoms with Gasteiger partial charge >= 0.3 is 6.18 Å². The normalized spacial score (nSPS) is 16.5. The van der Waals surface area contributed by atoms with Gasteiger partial charge in [-0.2, -0.15) is 13.2 Å². The lowest BCUT2D eigenvalue weighted by Gasteiger charge is -2.38. The van der Waals surface area contributed by atoms with Crippen molar-refractivity contribution >= 4 is 16.8 Å².